The molecule has 1 aliphatic heterocycles. The van der Waals surface area contributed by atoms with Crippen LogP contribution >= 0.6 is 0 Å². The number of aryl methyl sites for hydroxylation is 2. The molecule has 1 aromatic rings. The zero-order chi connectivity index (χ0) is 19.8. The van der Waals surface area contributed by atoms with Crippen molar-refractivity contribution in [1.29, 1.82) is 0 Å². The molecule has 1 atom stereocenters. The number of likely N-dealkylation sites (N-methyl/N-ethyl adjacent to an activating group) is 1. The van der Waals surface area contributed by atoms with Crippen LogP contribution in [0.3, 0.4) is 0 Å². The Labute approximate surface area is 161 Å². The summed E-state index contributed by atoms with van der Waals surface area (Å²) in [5, 5.41) is 0. The molecule has 27 heavy (non-hydrogen) atoms. The molecule has 0 spiro atoms. The molecule has 0 radical (unpaired) electrons. The molecule has 7 heteroatoms. The van der Waals surface area contributed by atoms with E-state index < -0.39 is 22.0 Å². The van der Waals surface area contributed by atoms with E-state index in [1.54, 1.807) is 24.1 Å². The van der Waals surface area contributed by atoms with Gasteiger partial charge >= 0.3 is 0 Å². The summed E-state index contributed by atoms with van der Waals surface area (Å²) in [7, 11) is -2.31. The highest BCUT2D eigenvalue weighted by Crippen LogP contribution is 2.31. The first kappa shape index (κ1) is 19.9. The maximum absolute atomic E-state index is 13.2. The van der Waals surface area contributed by atoms with Crippen molar-refractivity contribution in [3.63, 3.8) is 0 Å². The van der Waals surface area contributed by atoms with Gasteiger partial charge in [-0.1, -0.05) is 25.3 Å². The van der Waals surface area contributed by atoms with Gasteiger partial charge in [-0.25, -0.2) is 12.7 Å². The van der Waals surface area contributed by atoms with Crippen molar-refractivity contribution in [2.24, 2.45) is 0 Å². The maximum atomic E-state index is 13.2. The van der Waals surface area contributed by atoms with E-state index in [4.69, 9.17) is 0 Å². The lowest BCUT2D eigenvalue weighted by atomic mass is 9.94. The summed E-state index contributed by atoms with van der Waals surface area (Å²) < 4.78 is 27.1. The zero-order valence-electron chi connectivity index (χ0n) is 16.3. The van der Waals surface area contributed by atoms with Gasteiger partial charge in [0.1, 0.15) is 6.04 Å². The summed E-state index contributed by atoms with van der Waals surface area (Å²) in [5.41, 5.74) is 1.82. The standard InChI is InChI=1S/C20H28N2O4S/c1-14-9-10-17(13-15(14)2)27(25,26)22-18(11-12-19(22)23)20(24)21(3)16-7-5-4-6-8-16/h9-10,13,16,18H,4-8,11-12H2,1-3H3. The normalized spacial score (nSPS) is 21.5. The number of sulfonamides is 1. The molecule has 3 rings (SSSR count). The highest BCUT2D eigenvalue weighted by atomic mass is 32.2. The highest BCUT2D eigenvalue weighted by Gasteiger charge is 2.45. The quantitative estimate of drug-likeness (QED) is 0.790. The number of hydrogen-bond donors (Lipinski definition) is 0. The van der Waals surface area contributed by atoms with E-state index in [1.165, 1.54) is 12.5 Å². The van der Waals surface area contributed by atoms with Crippen molar-refractivity contribution in [3.8, 4) is 0 Å². The van der Waals surface area contributed by atoms with Crippen LogP contribution in [0.25, 0.3) is 0 Å². The fraction of sp³-hybridized carbons (Fsp3) is 0.600. The van der Waals surface area contributed by atoms with Crippen molar-refractivity contribution < 1.29 is 18.0 Å². The third kappa shape index (κ3) is 3.74. The topological polar surface area (TPSA) is 74.8 Å². The van der Waals surface area contributed by atoms with Crippen LogP contribution in [-0.2, 0) is 19.6 Å². The molecular formula is C20H28N2O4S. The summed E-state index contributed by atoms with van der Waals surface area (Å²) in [6, 6.07) is 4.01. The second-order valence-electron chi connectivity index (χ2n) is 7.74. The second-order valence-corrected chi connectivity index (χ2v) is 9.55. The number of rotatable bonds is 4. The smallest absolute Gasteiger partial charge is 0.267 e. The van der Waals surface area contributed by atoms with Crippen molar-refractivity contribution in [1.82, 2.24) is 9.21 Å². The Morgan fingerprint density at radius 2 is 1.74 bits per heavy atom. The van der Waals surface area contributed by atoms with Gasteiger partial charge in [-0.2, -0.15) is 0 Å². The van der Waals surface area contributed by atoms with Gasteiger partial charge in [-0.15, -0.1) is 0 Å². The predicted molar refractivity (Wildman–Crippen MR) is 103 cm³/mol. The Bertz CT molecular complexity index is 844. The van der Waals surface area contributed by atoms with E-state index in [-0.39, 0.29) is 29.7 Å². The molecule has 2 aliphatic rings. The summed E-state index contributed by atoms with van der Waals surface area (Å²) in [6.45, 7) is 3.73. The molecule has 0 N–H and O–H groups in total. The molecule has 1 heterocycles. The van der Waals surface area contributed by atoms with Crippen LogP contribution in [0.15, 0.2) is 23.1 Å². The number of carbonyl (C=O) groups excluding carboxylic acids is 2. The van der Waals surface area contributed by atoms with Gasteiger partial charge in [0.15, 0.2) is 0 Å². The lowest BCUT2D eigenvalue weighted by Gasteiger charge is -2.34. The Hall–Kier alpha value is -1.89. The van der Waals surface area contributed by atoms with E-state index in [9.17, 15) is 18.0 Å². The fourth-order valence-corrected chi connectivity index (χ4v) is 5.74. The Morgan fingerprint density at radius 3 is 2.37 bits per heavy atom. The molecule has 0 aromatic heterocycles. The first-order chi connectivity index (χ1) is 12.7. The van der Waals surface area contributed by atoms with Crippen molar-refractivity contribution in [2.45, 2.75) is 75.8 Å². The molecule has 1 unspecified atom stereocenters. The van der Waals surface area contributed by atoms with E-state index in [0.717, 1.165) is 41.1 Å². The first-order valence-corrected chi connectivity index (χ1v) is 11.1. The summed E-state index contributed by atoms with van der Waals surface area (Å²) >= 11 is 0. The average molecular weight is 393 g/mol. The lowest BCUT2D eigenvalue weighted by molar-refractivity contribution is -0.138. The van der Waals surface area contributed by atoms with Crippen molar-refractivity contribution >= 4 is 21.8 Å². The largest absolute Gasteiger partial charge is 0.341 e. The number of nitrogens with zero attached hydrogens (tertiary/aromatic N) is 2. The van der Waals surface area contributed by atoms with E-state index >= 15 is 0 Å². The van der Waals surface area contributed by atoms with Crippen LogP contribution in [0.5, 0.6) is 0 Å². The molecule has 0 bridgehead atoms. The first-order valence-electron chi connectivity index (χ1n) is 9.64. The molecule has 2 fully saturated rings. The van der Waals surface area contributed by atoms with Crippen LogP contribution in [0.1, 0.15) is 56.1 Å². The Kier molecular flexibility index (Phi) is 5.60. The number of hydrogen-bond acceptors (Lipinski definition) is 4. The van der Waals surface area contributed by atoms with Crippen molar-refractivity contribution in [2.75, 3.05) is 7.05 Å². The minimum Gasteiger partial charge on any atom is -0.341 e. The van der Waals surface area contributed by atoms with Gasteiger partial charge in [0, 0.05) is 19.5 Å². The monoisotopic (exact) mass is 392 g/mol. The van der Waals surface area contributed by atoms with Crippen molar-refractivity contribution in [3.05, 3.63) is 29.3 Å². The minimum atomic E-state index is -4.05. The van der Waals surface area contributed by atoms with Gasteiger partial charge in [0.25, 0.3) is 10.0 Å². The second kappa shape index (κ2) is 7.62. The molecule has 148 valence electrons. The summed E-state index contributed by atoms with van der Waals surface area (Å²) in [6.07, 6.45) is 5.54. The van der Waals surface area contributed by atoms with Gasteiger partial charge in [-0.05, 0) is 56.4 Å². The average Bonchev–Trinajstić information content (AvgIpc) is 3.05. The van der Waals surface area contributed by atoms with Gasteiger partial charge in [0.2, 0.25) is 11.8 Å². The zero-order valence-corrected chi connectivity index (χ0v) is 17.1. The SMILES string of the molecule is Cc1ccc(S(=O)(=O)N2C(=O)CCC2C(=O)N(C)C2CCCCC2)cc1C. The maximum Gasteiger partial charge on any atom is 0.267 e. The van der Waals surface area contributed by atoms with Gasteiger partial charge in [0.05, 0.1) is 4.90 Å². The molecule has 1 aromatic carbocycles. The third-order valence-electron chi connectivity index (χ3n) is 5.95. The number of amides is 2. The molecular weight excluding hydrogens is 364 g/mol. The number of carbonyl (C=O) groups is 2. The van der Waals surface area contributed by atoms with E-state index in [1.807, 2.05) is 13.8 Å². The Balaban J connectivity index is 1.89. The van der Waals surface area contributed by atoms with Crippen LogP contribution in [0.2, 0.25) is 0 Å². The minimum absolute atomic E-state index is 0.0685. The Morgan fingerprint density at radius 1 is 1.07 bits per heavy atom. The molecule has 6 nitrogen and oxygen atoms in total. The van der Waals surface area contributed by atoms with Crippen LogP contribution in [0, 0.1) is 13.8 Å². The van der Waals surface area contributed by atoms with E-state index in [2.05, 4.69) is 0 Å². The van der Waals surface area contributed by atoms with Crippen LogP contribution in [-0.4, -0.2) is 48.6 Å². The summed E-state index contributed by atoms with van der Waals surface area (Å²) in [5.74, 6) is -0.760. The lowest BCUT2D eigenvalue weighted by Crippen LogP contribution is -2.50. The predicted octanol–water partition coefficient (Wildman–Crippen LogP) is 2.77. The highest BCUT2D eigenvalue weighted by molar-refractivity contribution is 7.89. The fourth-order valence-electron chi connectivity index (χ4n) is 4.06. The van der Waals surface area contributed by atoms with Gasteiger partial charge < -0.3 is 4.90 Å². The molecule has 1 saturated carbocycles. The number of benzene rings is 1. The summed E-state index contributed by atoms with van der Waals surface area (Å²) in [4.78, 5) is 27.2. The van der Waals surface area contributed by atoms with Crippen LogP contribution in [0.4, 0.5) is 0 Å². The molecule has 2 amide bonds. The molecule has 1 saturated heterocycles. The van der Waals surface area contributed by atoms with Crippen LogP contribution < -0.4 is 0 Å². The third-order valence-corrected chi connectivity index (χ3v) is 7.78. The molecule has 1 aliphatic carbocycles. The van der Waals surface area contributed by atoms with Gasteiger partial charge in [-0.3, -0.25) is 9.59 Å². The van der Waals surface area contributed by atoms with E-state index in [0.29, 0.717) is 0 Å².